The molecule has 1 aliphatic heterocycles. The Bertz CT molecular complexity index is 2890. The van der Waals surface area contributed by atoms with Crippen molar-refractivity contribution in [2.75, 3.05) is 9.80 Å². The van der Waals surface area contributed by atoms with E-state index in [1.54, 1.807) is 0 Å². The largest absolute Gasteiger partial charge is 0.456 e. The van der Waals surface area contributed by atoms with E-state index < -0.39 is 0 Å². The molecular weight excluding hydrogens is 653 g/mol. The molecule has 2 aliphatic rings. The van der Waals surface area contributed by atoms with Gasteiger partial charge in [-0.05, 0) is 71.8 Å². The third-order valence-corrected chi connectivity index (χ3v) is 12.0. The van der Waals surface area contributed by atoms with Gasteiger partial charge in [0.1, 0.15) is 11.2 Å². The maximum Gasteiger partial charge on any atom is 0.135 e. The van der Waals surface area contributed by atoms with Gasteiger partial charge in [-0.25, -0.2) is 0 Å². The molecule has 0 radical (unpaired) electrons. The number of hydrogen-bond acceptors (Lipinski definition) is 4. The Labute approximate surface area is 305 Å². The van der Waals surface area contributed by atoms with Gasteiger partial charge >= 0.3 is 0 Å². The summed E-state index contributed by atoms with van der Waals surface area (Å²) >= 11 is 1.86. The van der Waals surface area contributed by atoms with Gasteiger partial charge in [-0.15, -0.1) is 11.3 Å². The minimum atomic E-state index is 0.244. The van der Waals surface area contributed by atoms with Crippen LogP contribution in [0.4, 0.5) is 28.4 Å². The van der Waals surface area contributed by atoms with E-state index in [1.165, 1.54) is 48.2 Å². The quantitative estimate of drug-likeness (QED) is 0.180. The Morgan fingerprint density at radius 3 is 2.17 bits per heavy atom. The fourth-order valence-corrected chi connectivity index (χ4v) is 9.68. The van der Waals surface area contributed by atoms with Gasteiger partial charge in [0.15, 0.2) is 0 Å². The third-order valence-electron chi connectivity index (χ3n) is 10.8. The predicted octanol–water partition coefficient (Wildman–Crippen LogP) is 13.8. The number of allylic oxidation sites excluding steroid dienone is 2. The Morgan fingerprint density at radius 2 is 1.25 bits per heavy atom. The number of furan rings is 1. The minimum Gasteiger partial charge on any atom is -0.456 e. The monoisotopic (exact) mass is 684 g/mol. The summed E-state index contributed by atoms with van der Waals surface area (Å²) in [5, 5.41) is 4.81. The van der Waals surface area contributed by atoms with Crippen LogP contribution in [0.1, 0.15) is 11.5 Å². The van der Waals surface area contributed by atoms with Crippen LogP contribution in [0.3, 0.4) is 0 Å². The maximum atomic E-state index is 6.25. The van der Waals surface area contributed by atoms with Crippen molar-refractivity contribution in [1.82, 2.24) is 0 Å². The summed E-state index contributed by atoms with van der Waals surface area (Å²) < 4.78 is 8.82. The zero-order valence-corrected chi connectivity index (χ0v) is 29.0. The molecular formula is C48H32N2OS. The van der Waals surface area contributed by atoms with Crippen molar-refractivity contribution in [2.45, 2.75) is 12.0 Å². The van der Waals surface area contributed by atoms with Gasteiger partial charge in [-0.2, -0.15) is 0 Å². The minimum absolute atomic E-state index is 0.244. The Kier molecular flexibility index (Phi) is 6.55. The van der Waals surface area contributed by atoms with E-state index in [0.717, 1.165) is 39.0 Å². The van der Waals surface area contributed by atoms with Crippen LogP contribution in [-0.4, -0.2) is 6.04 Å². The van der Waals surface area contributed by atoms with Crippen LogP contribution in [0.5, 0.6) is 0 Å². The van der Waals surface area contributed by atoms with Crippen molar-refractivity contribution in [3.63, 3.8) is 0 Å². The van der Waals surface area contributed by atoms with E-state index in [4.69, 9.17) is 4.42 Å². The molecule has 0 saturated carbocycles. The van der Waals surface area contributed by atoms with E-state index in [0.29, 0.717) is 5.92 Å². The average Bonchev–Trinajstić information content (AvgIpc) is 3.88. The van der Waals surface area contributed by atoms with E-state index in [9.17, 15) is 0 Å². The number of anilines is 5. The molecule has 4 heteroatoms. The highest BCUT2D eigenvalue weighted by atomic mass is 32.1. The summed E-state index contributed by atoms with van der Waals surface area (Å²) in [5.74, 6) is 0.339. The molecule has 2 unspecified atom stereocenters. The van der Waals surface area contributed by atoms with Gasteiger partial charge in [-0.1, -0.05) is 121 Å². The van der Waals surface area contributed by atoms with Crippen molar-refractivity contribution in [2.24, 2.45) is 0 Å². The van der Waals surface area contributed by atoms with Crippen LogP contribution in [0, 0.1) is 0 Å². The number of fused-ring (bicyclic) bond motifs is 9. The summed E-state index contributed by atoms with van der Waals surface area (Å²) in [6.07, 6.45) is 9.06. The first-order chi connectivity index (χ1) is 25.8. The Morgan fingerprint density at radius 1 is 0.538 bits per heavy atom. The van der Waals surface area contributed by atoms with Gasteiger partial charge in [0.05, 0.1) is 16.4 Å². The van der Waals surface area contributed by atoms with Crippen molar-refractivity contribution in [1.29, 1.82) is 0 Å². The molecule has 0 bridgehead atoms. The molecule has 1 aliphatic carbocycles. The lowest BCUT2D eigenvalue weighted by molar-refractivity contribution is 0.669. The number of para-hydroxylation sites is 3. The average molecular weight is 685 g/mol. The summed E-state index contributed by atoms with van der Waals surface area (Å²) in [7, 11) is 0. The maximum absolute atomic E-state index is 6.25. The molecule has 0 N–H and O–H groups in total. The standard InChI is InChI=1S/C48H32N2OS/c1-6-18-41(50-42-19-7-2-13-35(42)36-14-3-8-20-43(36)50)34(12-1)31-24-26-32(27-25-31)49(33-28-29-46-40(30-33)37-15-4-9-22-45(37)51-46)44-21-11-17-39-38-16-5-10-23-47(38)52-48(39)44/h1-30,35,42H. The molecule has 2 aromatic heterocycles. The summed E-state index contributed by atoms with van der Waals surface area (Å²) in [4.78, 5) is 4.94. The third kappa shape index (κ3) is 4.44. The second kappa shape index (κ2) is 11.6. The second-order valence-corrected chi connectivity index (χ2v) is 14.7. The summed E-state index contributed by atoms with van der Waals surface area (Å²) in [6.45, 7) is 0. The molecule has 3 heterocycles. The number of nitrogens with zero attached hydrogens (tertiary/aromatic N) is 2. The zero-order chi connectivity index (χ0) is 34.2. The van der Waals surface area contributed by atoms with Crippen LogP contribution >= 0.6 is 11.3 Å². The highest BCUT2D eigenvalue weighted by Crippen LogP contribution is 2.50. The normalized spacial score (nSPS) is 16.3. The van der Waals surface area contributed by atoms with Crippen LogP contribution in [0.25, 0.3) is 53.2 Å². The lowest BCUT2D eigenvalue weighted by atomic mass is 9.91. The highest BCUT2D eigenvalue weighted by Gasteiger charge is 2.37. The molecule has 52 heavy (non-hydrogen) atoms. The van der Waals surface area contributed by atoms with Crippen molar-refractivity contribution < 1.29 is 4.42 Å². The first kappa shape index (κ1) is 29.4. The molecule has 0 spiro atoms. The molecule has 246 valence electrons. The van der Waals surface area contributed by atoms with E-state index in [-0.39, 0.29) is 6.04 Å². The summed E-state index contributed by atoms with van der Waals surface area (Å²) in [5.41, 5.74) is 11.4. The molecule has 2 atom stereocenters. The number of benzene rings is 7. The fraction of sp³-hybridized carbons (Fsp3) is 0.0417. The highest BCUT2D eigenvalue weighted by molar-refractivity contribution is 7.26. The molecule has 0 fully saturated rings. The van der Waals surface area contributed by atoms with Crippen LogP contribution in [0.15, 0.2) is 186 Å². The zero-order valence-electron chi connectivity index (χ0n) is 28.2. The molecule has 0 saturated heterocycles. The van der Waals surface area contributed by atoms with Gasteiger partial charge in [0.25, 0.3) is 0 Å². The van der Waals surface area contributed by atoms with E-state index in [2.05, 4.69) is 180 Å². The lowest BCUT2D eigenvalue weighted by Gasteiger charge is -2.31. The Hall–Kier alpha value is -6.36. The van der Waals surface area contributed by atoms with Crippen LogP contribution < -0.4 is 9.80 Å². The van der Waals surface area contributed by atoms with Gasteiger partial charge in [0, 0.05) is 60.5 Å². The number of rotatable bonds is 5. The molecule has 3 nitrogen and oxygen atoms in total. The molecule has 7 aromatic carbocycles. The van der Waals surface area contributed by atoms with Gasteiger partial charge in [-0.3, -0.25) is 0 Å². The first-order valence-electron chi connectivity index (χ1n) is 17.8. The van der Waals surface area contributed by atoms with E-state index >= 15 is 0 Å². The number of hydrogen-bond donors (Lipinski definition) is 0. The smallest absolute Gasteiger partial charge is 0.135 e. The van der Waals surface area contributed by atoms with Crippen molar-refractivity contribution in [3.8, 4) is 11.1 Å². The van der Waals surface area contributed by atoms with Gasteiger partial charge in [0.2, 0.25) is 0 Å². The topological polar surface area (TPSA) is 19.6 Å². The molecule has 0 amide bonds. The second-order valence-electron chi connectivity index (χ2n) is 13.6. The number of thiophene rings is 1. The Balaban J connectivity index is 1.07. The van der Waals surface area contributed by atoms with Crippen LogP contribution in [-0.2, 0) is 0 Å². The fourth-order valence-electron chi connectivity index (χ4n) is 8.48. The van der Waals surface area contributed by atoms with Crippen molar-refractivity contribution in [3.05, 3.63) is 188 Å². The van der Waals surface area contributed by atoms with Crippen LogP contribution in [0.2, 0.25) is 0 Å². The van der Waals surface area contributed by atoms with Crippen molar-refractivity contribution >= 4 is 81.9 Å². The first-order valence-corrected chi connectivity index (χ1v) is 18.7. The predicted molar refractivity (Wildman–Crippen MR) is 220 cm³/mol. The molecule has 11 rings (SSSR count). The van der Waals surface area contributed by atoms with Gasteiger partial charge < -0.3 is 14.2 Å². The van der Waals surface area contributed by atoms with E-state index in [1.807, 2.05) is 23.5 Å². The lowest BCUT2D eigenvalue weighted by Crippen LogP contribution is -2.28. The molecule has 9 aromatic rings. The SMILES string of the molecule is C1=CC2c3ccccc3N(c3ccccc3-c3ccc(N(c4ccc5oc6ccccc6c5c4)c4cccc5c4sc4ccccc45)cc3)C2C=C1. The summed E-state index contributed by atoms with van der Waals surface area (Å²) in [6, 6.07) is 57.4.